The molecule has 2 aromatic carbocycles. The molecule has 2 aliphatic carbocycles. The lowest BCUT2D eigenvalue weighted by molar-refractivity contribution is -0.193. The minimum absolute atomic E-state index is 0.153. The van der Waals surface area contributed by atoms with Crippen LogP contribution in [-0.2, 0) is 19.2 Å². The maximum atomic E-state index is 12.7. The van der Waals surface area contributed by atoms with Crippen LogP contribution in [0.1, 0.15) is 171 Å². The first-order chi connectivity index (χ1) is 39.2. The number of carbonyl (C=O) groups is 6. The fraction of sp³-hybridized carbons (Fsp3) is 0.464. The van der Waals surface area contributed by atoms with Crippen molar-refractivity contribution in [2.75, 3.05) is 10.6 Å². The molecule has 1 unspecified atom stereocenters. The number of rotatable bonds is 10. The summed E-state index contributed by atoms with van der Waals surface area (Å²) >= 11 is 0. The summed E-state index contributed by atoms with van der Waals surface area (Å²) in [4.78, 5) is 77.4. The van der Waals surface area contributed by atoms with Crippen molar-refractivity contribution in [1.29, 1.82) is 10.5 Å². The van der Waals surface area contributed by atoms with Crippen LogP contribution in [0.4, 0.5) is 64.1 Å². The average Bonchev–Trinajstić information content (AvgIpc) is 4.27. The van der Waals surface area contributed by atoms with E-state index in [-0.39, 0.29) is 34.9 Å². The molecule has 16 nitrogen and oxygen atoms in total. The lowest BCUT2D eigenvalue weighted by atomic mass is 9.82. The maximum absolute atomic E-state index is 12.7. The van der Waals surface area contributed by atoms with E-state index in [0.717, 1.165) is 73.9 Å². The number of amides is 2. The van der Waals surface area contributed by atoms with E-state index in [0.29, 0.717) is 36.0 Å². The normalized spacial score (nSPS) is 20.8. The smallest absolute Gasteiger partial charge is 0.326 e. The zero-order valence-corrected chi connectivity index (χ0v) is 45.5. The Morgan fingerprint density at radius 1 is 0.500 bits per heavy atom. The Morgan fingerprint density at radius 2 is 0.810 bits per heavy atom. The minimum Gasteiger partial charge on any atom is -0.326 e. The van der Waals surface area contributed by atoms with Gasteiger partial charge >= 0.3 is 47.8 Å². The second-order valence-electron chi connectivity index (χ2n) is 20.6. The van der Waals surface area contributed by atoms with Gasteiger partial charge in [0.15, 0.2) is 11.6 Å². The van der Waals surface area contributed by atoms with Crippen molar-refractivity contribution >= 4 is 57.5 Å². The van der Waals surface area contributed by atoms with Gasteiger partial charge in [0, 0.05) is 46.7 Å². The largest absolute Gasteiger partial charge is 0.458 e. The van der Waals surface area contributed by atoms with Gasteiger partial charge in [-0.3, -0.25) is 28.8 Å². The van der Waals surface area contributed by atoms with Crippen LogP contribution in [0.3, 0.4) is 0 Å². The predicted octanol–water partition coefficient (Wildman–Crippen LogP) is 12.0. The first-order valence-electron chi connectivity index (χ1n) is 26.4. The summed E-state index contributed by atoms with van der Waals surface area (Å²) in [5.74, 6) is -12.9. The number of aromatic amines is 2. The van der Waals surface area contributed by atoms with Gasteiger partial charge in [0.1, 0.15) is 23.5 Å². The molecule has 0 saturated carbocycles. The second kappa shape index (κ2) is 28.5. The number of alkyl halides is 12. The molecule has 0 bridgehead atoms. The number of benzene rings is 2. The molecule has 2 aromatic heterocycles. The van der Waals surface area contributed by atoms with E-state index in [1.54, 1.807) is 0 Å². The number of allylic oxidation sites excluding steroid dienone is 4. The molecule has 2 aliphatic heterocycles. The Kier molecular flexibility index (Phi) is 22.7. The number of nitriles is 2. The molecular formula is C56H58F12N10O6. The van der Waals surface area contributed by atoms with E-state index in [1.165, 1.54) is 60.4 Å². The Morgan fingerprint density at radius 3 is 1.06 bits per heavy atom. The van der Waals surface area contributed by atoms with Gasteiger partial charge in [0.2, 0.25) is 0 Å². The van der Waals surface area contributed by atoms with Crippen LogP contribution in [-0.4, -0.2) is 104 Å². The highest BCUT2D eigenvalue weighted by Gasteiger charge is 2.55. The van der Waals surface area contributed by atoms with Crippen LogP contribution >= 0.6 is 0 Å². The number of halogens is 12. The van der Waals surface area contributed by atoms with Crippen molar-refractivity contribution in [3.63, 3.8) is 0 Å². The maximum Gasteiger partial charge on any atom is 0.458 e. The number of imidazole rings is 2. The molecule has 8 rings (SSSR count). The number of Topliss-reactive ketones (excluding diaryl/α,β-unsaturated/α-hetero) is 4. The van der Waals surface area contributed by atoms with Crippen molar-refractivity contribution in [3.8, 4) is 12.1 Å². The Bertz CT molecular complexity index is 2920. The fourth-order valence-corrected chi connectivity index (χ4v) is 10.1. The van der Waals surface area contributed by atoms with Gasteiger partial charge in [-0.15, -0.1) is 0 Å². The Hall–Kier alpha value is -7.98. The monoisotopic (exact) mass is 1190 g/mol. The van der Waals surface area contributed by atoms with Crippen molar-refractivity contribution < 1.29 is 81.5 Å². The lowest BCUT2D eigenvalue weighted by Crippen LogP contribution is -2.41. The number of ketones is 4. The number of nitrogens with zero attached hydrogens (tertiary/aromatic N) is 4. The van der Waals surface area contributed by atoms with Crippen molar-refractivity contribution in [2.45, 2.75) is 165 Å². The van der Waals surface area contributed by atoms with E-state index in [2.05, 4.69) is 105 Å². The van der Waals surface area contributed by atoms with Crippen molar-refractivity contribution in [3.05, 3.63) is 106 Å². The molecule has 28 heteroatoms. The first kappa shape index (κ1) is 66.8. The van der Waals surface area contributed by atoms with Crippen molar-refractivity contribution in [1.82, 2.24) is 30.6 Å². The molecular weight excluding hydrogens is 1140 g/mol. The average molecular weight is 1200 g/mol. The number of carbonyl (C=O) groups excluding carboxylic acids is 6. The zero-order chi connectivity index (χ0) is 62.5. The van der Waals surface area contributed by atoms with Crippen LogP contribution in [0.5, 0.6) is 0 Å². The SMILES string of the molecule is C[C@@H]1CC(c2ccc(NC(=O)c3ncc(C#N)[nH]3)c(C3=CCCCC3)c2)C[C@H](C)N1.C[C@H]1CC(c2ccc(NC(=O)c3ncc(C#N)[nH]3)c(C3=CCCCC3)c2)C[C@H](C)N1.O=C(C(=O)C(F)(F)F)C(F)(F)F.O=C(C(=O)C(F)(F)F)C(F)(F)F. The zero-order valence-electron chi connectivity index (χ0n) is 45.5. The molecule has 84 heavy (non-hydrogen) atoms. The number of aromatic nitrogens is 4. The number of H-pyrrole nitrogens is 2. The van der Waals surface area contributed by atoms with Gasteiger partial charge in [0.25, 0.3) is 11.8 Å². The molecule has 5 atom stereocenters. The molecule has 4 aromatic rings. The summed E-state index contributed by atoms with van der Waals surface area (Å²) < 4.78 is 134. The Balaban J connectivity index is 0.000000224. The van der Waals surface area contributed by atoms with Crippen LogP contribution < -0.4 is 21.3 Å². The standard InChI is InChI=1S/2C24H29N5O.2C4F6O2/c2*1-15-10-19(11-16(2)27-15)18-8-9-22(21(12-18)17-6-4-3-5-7-17)29-24(30)23-26-14-20(13-25)28-23;2*5-3(6,7)1(11)2(12)4(8,9)10/h2*6,8-9,12,14-16,19,27H,3-5,7,10-11H2,1-2H3,(H,26,28)(H,29,30);;/t15-,16+,19?;15-,16-;;/m.0../s1. The third kappa shape index (κ3) is 19.0. The summed E-state index contributed by atoms with van der Waals surface area (Å²) in [7, 11) is 0. The van der Waals surface area contributed by atoms with Crippen LogP contribution in [0.2, 0.25) is 0 Å². The topological polar surface area (TPSA) is 255 Å². The molecule has 0 spiro atoms. The van der Waals surface area contributed by atoms with Gasteiger partial charge in [0.05, 0.1) is 12.4 Å². The quantitative estimate of drug-likeness (QED) is 0.0640. The molecule has 2 amide bonds. The summed E-state index contributed by atoms with van der Waals surface area (Å²) in [6.45, 7) is 9.00. The predicted molar refractivity (Wildman–Crippen MR) is 281 cm³/mol. The third-order valence-corrected chi connectivity index (χ3v) is 13.8. The second-order valence-corrected chi connectivity index (χ2v) is 20.6. The number of hydrogen-bond donors (Lipinski definition) is 6. The van der Waals surface area contributed by atoms with Gasteiger partial charge in [-0.05, 0) is 163 Å². The van der Waals surface area contributed by atoms with Crippen LogP contribution in [0.25, 0.3) is 11.1 Å². The molecule has 2 saturated heterocycles. The molecule has 452 valence electrons. The molecule has 0 radical (unpaired) electrons. The van der Waals surface area contributed by atoms with Gasteiger partial charge in [-0.1, -0.05) is 24.3 Å². The summed E-state index contributed by atoms with van der Waals surface area (Å²) in [6, 6.07) is 18.9. The van der Waals surface area contributed by atoms with E-state index >= 15 is 0 Å². The van der Waals surface area contributed by atoms with E-state index < -0.39 is 47.8 Å². The lowest BCUT2D eigenvalue weighted by Gasteiger charge is -2.33. The summed E-state index contributed by atoms with van der Waals surface area (Å²) in [6.07, 6.45) is -2.20. The van der Waals surface area contributed by atoms with Gasteiger partial charge < -0.3 is 31.2 Å². The highest BCUT2D eigenvalue weighted by Crippen LogP contribution is 2.39. The number of anilines is 2. The van der Waals surface area contributed by atoms with Crippen LogP contribution in [0, 0.1) is 22.7 Å². The summed E-state index contributed by atoms with van der Waals surface area (Å²) in [5.41, 5.74) is 9.72. The van der Waals surface area contributed by atoms with Crippen molar-refractivity contribution in [2.24, 2.45) is 0 Å². The van der Waals surface area contributed by atoms with E-state index in [1.807, 2.05) is 24.3 Å². The van der Waals surface area contributed by atoms with Gasteiger partial charge in [-0.25, -0.2) is 9.97 Å². The minimum atomic E-state index is -5.77. The first-order valence-corrected chi connectivity index (χ1v) is 26.4. The molecule has 6 N–H and O–H groups in total. The van der Waals surface area contributed by atoms with E-state index in [4.69, 9.17) is 10.5 Å². The van der Waals surface area contributed by atoms with Crippen LogP contribution in [0.15, 0.2) is 60.9 Å². The Labute approximate surface area is 473 Å². The van der Waals surface area contributed by atoms with Gasteiger partial charge in [-0.2, -0.15) is 63.2 Å². The fourth-order valence-electron chi connectivity index (χ4n) is 10.1. The summed E-state index contributed by atoms with van der Waals surface area (Å²) in [5, 5.41) is 31.2. The highest BCUT2D eigenvalue weighted by atomic mass is 19.4. The number of piperidine rings is 2. The molecule has 4 aliphatic rings. The molecule has 2 fully saturated rings. The molecule has 4 heterocycles. The number of hydrogen-bond acceptors (Lipinski definition) is 12. The van der Waals surface area contributed by atoms with E-state index in [9.17, 15) is 81.5 Å². The third-order valence-electron chi connectivity index (χ3n) is 13.8. The highest BCUT2D eigenvalue weighted by molar-refractivity contribution is 6.41. The number of nitrogens with one attached hydrogen (secondary N) is 6.